The maximum Gasteiger partial charge on any atom is 0.256 e. The van der Waals surface area contributed by atoms with E-state index in [1.807, 2.05) is 12.1 Å². The number of carbonyl (C=O) groups is 1. The van der Waals surface area contributed by atoms with Gasteiger partial charge in [-0.15, -0.1) is 5.10 Å². The van der Waals surface area contributed by atoms with Gasteiger partial charge < -0.3 is 20.1 Å². The molecule has 1 amide bonds. The van der Waals surface area contributed by atoms with E-state index in [4.69, 9.17) is 9.47 Å². The molecule has 1 fully saturated rings. The first-order chi connectivity index (χ1) is 11.7. The van der Waals surface area contributed by atoms with Crippen molar-refractivity contribution in [3.8, 4) is 11.6 Å². The van der Waals surface area contributed by atoms with E-state index in [1.54, 1.807) is 37.6 Å². The summed E-state index contributed by atoms with van der Waals surface area (Å²) in [7, 11) is 1.58. The van der Waals surface area contributed by atoms with Crippen LogP contribution in [0, 0.1) is 0 Å². The van der Waals surface area contributed by atoms with Crippen molar-refractivity contribution in [1.29, 1.82) is 0 Å². The molecule has 0 aliphatic carbocycles. The van der Waals surface area contributed by atoms with Gasteiger partial charge in [-0.05, 0) is 44.1 Å². The molecule has 2 heterocycles. The second-order valence-electron chi connectivity index (χ2n) is 5.59. The molecule has 3 rings (SSSR count). The number of carbonyl (C=O) groups excluding carboxylic acids is 1. The van der Waals surface area contributed by atoms with Crippen molar-refractivity contribution in [3.05, 3.63) is 42.6 Å². The first kappa shape index (κ1) is 16.4. The lowest BCUT2D eigenvalue weighted by Crippen LogP contribution is -2.51. The molecular weight excluding hydrogens is 308 g/mol. The molecule has 0 saturated carbocycles. The molecule has 7 nitrogen and oxygen atoms in total. The average molecular weight is 328 g/mol. The van der Waals surface area contributed by atoms with Crippen LogP contribution in [0.1, 0.15) is 12.8 Å². The lowest BCUT2D eigenvalue weighted by Gasteiger charge is -2.34. The van der Waals surface area contributed by atoms with Gasteiger partial charge in [0.05, 0.1) is 0 Å². The average Bonchev–Trinajstić information content (AvgIpc) is 2.63. The molecule has 126 valence electrons. The van der Waals surface area contributed by atoms with E-state index in [9.17, 15) is 4.79 Å². The quantitative estimate of drug-likeness (QED) is 0.873. The highest BCUT2D eigenvalue weighted by atomic mass is 16.5. The van der Waals surface area contributed by atoms with Crippen molar-refractivity contribution in [2.45, 2.75) is 18.4 Å². The Morgan fingerprint density at radius 1 is 1.25 bits per heavy atom. The van der Waals surface area contributed by atoms with Crippen LogP contribution in [0.2, 0.25) is 0 Å². The summed E-state index contributed by atoms with van der Waals surface area (Å²) in [6, 6.07) is 10.6. The van der Waals surface area contributed by atoms with E-state index < -0.39 is 5.60 Å². The Morgan fingerprint density at radius 3 is 2.79 bits per heavy atom. The van der Waals surface area contributed by atoms with Crippen LogP contribution in [0.5, 0.6) is 11.6 Å². The lowest BCUT2D eigenvalue weighted by atomic mass is 9.91. The molecule has 1 aliphatic heterocycles. The second kappa shape index (κ2) is 7.37. The molecule has 0 spiro atoms. The summed E-state index contributed by atoms with van der Waals surface area (Å²) in [6.45, 7) is 1.52. The summed E-state index contributed by atoms with van der Waals surface area (Å²) in [5, 5.41) is 13.8. The fourth-order valence-electron chi connectivity index (χ4n) is 2.70. The van der Waals surface area contributed by atoms with Crippen LogP contribution in [0.15, 0.2) is 42.6 Å². The van der Waals surface area contributed by atoms with E-state index in [1.165, 1.54) is 0 Å². The summed E-state index contributed by atoms with van der Waals surface area (Å²) in [4.78, 5) is 12.7. The van der Waals surface area contributed by atoms with E-state index in [0.29, 0.717) is 30.2 Å². The topological polar surface area (TPSA) is 85.4 Å². The van der Waals surface area contributed by atoms with Gasteiger partial charge in [0.2, 0.25) is 5.88 Å². The fourth-order valence-corrected chi connectivity index (χ4v) is 2.70. The van der Waals surface area contributed by atoms with Crippen molar-refractivity contribution in [1.82, 2.24) is 15.5 Å². The minimum Gasteiger partial charge on any atom is -0.437 e. The van der Waals surface area contributed by atoms with Gasteiger partial charge in [0.1, 0.15) is 11.4 Å². The van der Waals surface area contributed by atoms with Crippen LogP contribution in [0.3, 0.4) is 0 Å². The Hall–Kier alpha value is -2.51. The predicted molar refractivity (Wildman–Crippen MR) is 89.0 cm³/mol. The maximum atomic E-state index is 12.7. The van der Waals surface area contributed by atoms with E-state index in [0.717, 1.165) is 13.1 Å². The van der Waals surface area contributed by atoms with Crippen LogP contribution in [0.25, 0.3) is 0 Å². The minimum atomic E-state index is -0.785. The number of aromatic nitrogens is 2. The number of piperidine rings is 1. The van der Waals surface area contributed by atoms with Gasteiger partial charge >= 0.3 is 0 Å². The van der Waals surface area contributed by atoms with Gasteiger partial charge in [0, 0.05) is 31.1 Å². The minimum absolute atomic E-state index is 0.136. The molecule has 2 aromatic rings. The Bertz CT molecular complexity index is 687. The summed E-state index contributed by atoms with van der Waals surface area (Å²) in [6.07, 6.45) is 2.86. The number of amides is 1. The first-order valence-electron chi connectivity index (χ1n) is 7.85. The SMILES string of the molecule is COC1(C(=O)Nc2cccc(Oc3cccnn3)c2)CCNCC1. The van der Waals surface area contributed by atoms with Crippen molar-refractivity contribution in [3.63, 3.8) is 0 Å². The smallest absolute Gasteiger partial charge is 0.256 e. The molecule has 0 radical (unpaired) electrons. The summed E-state index contributed by atoms with van der Waals surface area (Å²) < 4.78 is 11.2. The second-order valence-corrected chi connectivity index (χ2v) is 5.59. The molecule has 1 aromatic carbocycles. The lowest BCUT2D eigenvalue weighted by molar-refractivity contribution is -0.140. The van der Waals surface area contributed by atoms with Gasteiger partial charge in [-0.25, -0.2) is 0 Å². The number of ether oxygens (including phenoxy) is 2. The largest absolute Gasteiger partial charge is 0.437 e. The zero-order valence-electron chi connectivity index (χ0n) is 13.5. The van der Waals surface area contributed by atoms with Gasteiger partial charge in [-0.2, -0.15) is 5.10 Å². The summed E-state index contributed by atoms with van der Waals surface area (Å²) in [5.74, 6) is 0.834. The molecule has 24 heavy (non-hydrogen) atoms. The highest BCUT2D eigenvalue weighted by Crippen LogP contribution is 2.26. The normalized spacial score (nSPS) is 16.4. The predicted octanol–water partition coefficient (Wildman–Crippen LogP) is 1.98. The highest BCUT2D eigenvalue weighted by molar-refractivity contribution is 5.97. The third-order valence-electron chi connectivity index (χ3n) is 4.08. The Labute approximate surface area is 140 Å². The van der Waals surface area contributed by atoms with Gasteiger partial charge in [0.15, 0.2) is 0 Å². The third kappa shape index (κ3) is 3.69. The molecular formula is C17H20N4O3. The van der Waals surface area contributed by atoms with Crippen LogP contribution >= 0.6 is 0 Å². The van der Waals surface area contributed by atoms with Crippen LogP contribution in [-0.4, -0.2) is 41.9 Å². The maximum absolute atomic E-state index is 12.7. The standard InChI is InChI=1S/C17H20N4O3/c1-23-17(7-10-18-11-8-17)16(22)20-13-4-2-5-14(12-13)24-15-6-3-9-19-21-15/h2-6,9,12,18H,7-8,10-11H2,1H3,(H,20,22). The third-order valence-corrected chi connectivity index (χ3v) is 4.08. The van der Waals surface area contributed by atoms with Gasteiger partial charge in [-0.1, -0.05) is 6.07 Å². The number of hydrogen-bond donors (Lipinski definition) is 2. The van der Waals surface area contributed by atoms with Crippen LogP contribution in [-0.2, 0) is 9.53 Å². The number of nitrogens with zero attached hydrogens (tertiary/aromatic N) is 2. The molecule has 0 bridgehead atoms. The van der Waals surface area contributed by atoms with Gasteiger partial charge in [0.25, 0.3) is 5.91 Å². The first-order valence-corrected chi connectivity index (χ1v) is 7.85. The zero-order chi connectivity index (χ0) is 16.8. The highest BCUT2D eigenvalue weighted by Gasteiger charge is 2.39. The van der Waals surface area contributed by atoms with E-state index in [-0.39, 0.29) is 5.91 Å². The summed E-state index contributed by atoms with van der Waals surface area (Å²) >= 11 is 0. The Kier molecular flexibility index (Phi) is 5.02. The van der Waals surface area contributed by atoms with Crippen LogP contribution in [0.4, 0.5) is 5.69 Å². The molecule has 1 saturated heterocycles. The number of benzene rings is 1. The molecule has 0 atom stereocenters. The Balaban J connectivity index is 1.71. The summed E-state index contributed by atoms with van der Waals surface area (Å²) in [5.41, 5.74) is -0.135. The van der Waals surface area contributed by atoms with E-state index in [2.05, 4.69) is 20.8 Å². The molecule has 1 aliphatic rings. The van der Waals surface area contributed by atoms with E-state index >= 15 is 0 Å². The van der Waals surface area contributed by atoms with Crippen molar-refractivity contribution < 1.29 is 14.3 Å². The van der Waals surface area contributed by atoms with Gasteiger partial charge in [-0.3, -0.25) is 4.79 Å². The molecule has 1 aromatic heterocycles. The molecule has 0 unspecified atom stereocenters. The number of rotatable bonds is 5. The number of anilines is 1. The number of nitrogens with one attached hydrogen (secondary N) is 2. The fraction of sp³-hybridized carbons (Fsp3) is 0.353. The number of hydrogen-bond acceptors (Lipinski definition) is 6. The van der Waals surface area contributed by atoms with Crippen LogP contribution < -0.4 is 15.4 Å². The molecule has 7 heteroatoms. The van der Waals surface area contributed by atoms with Crippen molar-refractivity contribution in [2.75, 3.05) is 25.5 Å². The number of methoxy groups -OCH3 is 1. The van der Waals surface area contributed by atoms with Crippen molar-refractivity contribution >= 4 is 11.6 Å². The van der Waals surface area contributed by atoms with Crippen molar-refractivity contribution in [2.24, 2.45) is 0 Å². The Morgan fingerprint density at radius 2 is 2.08 bits per heavy atom. The molecule has 2 N–H and O–H groups in total. The monoisotopic (exact) mass is 328 g/mol. The zero-order valence-corrected chi connectivity index (χ0v) is 13.5.